The molecule has 1 aromatic carbocycles. The molecule has 8 heteroatoms. The summed E-state index contributed by atoms with van der Waals surface area (Å²) in [5, 5.41) is 3.05. The zero-order chi connectivity index (χ0) is 23.5. The number of urea groups is 1. The van der Waals surface area contributed by atoms with Gasteiger partial charge in [-0.2, -0.15) is 0 Å². The number of benzene rings is 1. The van der Waals surface area contributed by atoms with Crippen molar-refractivity contribution in [3.05, 3.63) is 72.2 Å². The van der Waals surface area contributed by atoms with E-state index < -0.39 is 0 Å². The highest BCUT2D eigenvalue weighted by Crippen LogP contribution is 2.23. The number of piperazine rings is 1. The highest BCUT2D eigenvalue weighted by atomic mass is 16.2. The third-order valence-corrected chi connectivity index (χ3v) is 6.21. The largest absolute Gasteiger partial charge is 0.322 e. The molecule has 0 radical (unpaired) electrons. The van der Waals surface area contributed by atoms with Gasteiger partial charge in [0.25, 0.3) is 0 Å². The van der Waals surface area contributed by atoms with Gasteiger partial charge in [-0.3, -0.25) is 9.88 Å². The molecule has 1 aliphatic rings. The van der Waals surface area contributed by atoms with Crippen molar-refractivity contribution >= 4 is 22.9 Å². The Kier molecular flexibility index (Phi) is 6.22. The number of amides is 2. The van der Waals surface area contributed by atoms with Crippen LogP contribution in [0.5, 0.6) is 0 Å². The van der Waals surface area contributed by atoms with E-state index in [-0.39, 0.29) is 6.03 Å². The number of hydrogen-bond acceptors (Lipinski definition) is 5. The summed E-state index contributed by atoms with van der Waals surface area (Å²) in [5.74, 6) is 0.905. The standard InChI is InChI=1S/C26H29N7O/c1-19-16-20(2)18-22(17-19)29-26(34)32-13-10-31(11-14-32)12-15-33-24(21-5-8-27-9-6-21)30-23-4-3-7-28-25(23)33/h3-9,16-18H,10-15H2,1-2H3,(H,29,34). The molecule has 0 spiro atoms. The second-order valence-corrected chi connectivity index (χ2v) is 8.80. The van der Waals surface area contributed by atoms with Gasteiger partial charge in [-0.05, 0) is 61.4 Å². The van der Waals surface area contributed by atoms with E-state index >= 15 is 0 Å². The fourth-order valence-corrected chi connectivity index (χ4v) is 4.56. The minimum absolute atomic E-state index is 0.0329. The summed E-state index contributed by atoms with van der Waals surface area (Å²) < 4.78 is 2.18. The van der Waals surface area contributed by atoms with Crippen LogP contribution in [0, 0.1) is 13.8 Å². The van der Waals surface area contributed by atoms with Crippen molar-refractivity contribution in [2.24, 2.45) is 0 Å². The number of rotatable bonds is 5. The number of nitrogens with one attached hydrogen (secondary N) is 1. The Morgan fingerprint density at radius 1 is 0.941 bits per heavy atom. The van der Waals surface area contributed by atoms with E-state index in [1.54, 1.807) is 12.4 Å². The van der Waals surface area contributed by atoms with Gasteiger partial charge in [0.1, 0.15) is 11.3 Å². The highest BCUT2D eigenvalue weighted by molar-refractivity contribution is 5.89. The van der Waals surface area contributed by atoms with Crippen molar-refractivity contribution in [1.82, 2.24) is 29.3 Å². The van der Waals surface area contributed by atoms with Gasteiger partial charge >= 0.3 is 6.03 Å². The Balaban J connectivity index is 1.22. The molecule has 8 nitrogen and oxygen atoms in total. The van der Waals surface area contributed by atoms with Crippen LogP contribution in [0.25, 0.3) is 22.6 Å². The molecule has 174 valence electrons. The fraction of sp³-hybridized carbons (Fsp3) is 0.308. The number of imidazole rings is 1. The molecule has 0 atom stereocenters. The van der Waals surface area contributed by atoms with Crippen molar-refractivity contribution in [1.29, 1.82) is 0 Å². The van der Waals surface area contributed by atoms with Crippen molar-refractivity contribution in [3.8, 4) is 11.4 Å². The highest BCUT2D eigenvalue weighted by Gasteiger charge is 2.22. The smallest absolute Gasteiger partial charge is 0.321 e. The number of carbonyl (C=O) groups excluding carboxylic acids is 1. The van der Waals surface area contributed by atoms with Crippen LogP contribution in [0.1, 0.15) is 11.1 Å². The summed E-state index contributed by atoms with van der Waals surface area (Å²) >= 11 is 0. The molecule has 1 fully saturated rings. The van der Waals surface area contributed by atoms with E-state index in [4.69, 9.17) is 4.98 Å². The fourth-order valence-electron chi connectivity index (χ4n) is 4.56. The van der Waals surface area contributed by atoms with E-state index in [0.29, 0.717) is 13.1 Å². The van der Waals surface area contributed by atoms with Gasteiger partial charge < -0.3 is 14.8 Å². The van der Waals surface area contributed by atoms with Crippen LogP contribution in [0.15, 0.2) is 61.1 Å². The average Bonchev–Trinajstić information content (AvgIpc) is 3.21. The van der Waals surface area contributed by atoms with E-state index in [9.17, 15) is 4.79 Å². The number of carbonyl (C=O) groups is 1. The number of aromatic nitrogens is 4. The van der Waals surface area contributed by atoms with E-state index in [2.05, 4.69) is 30.8 Å². The molecule has 1 saturated heterocycles. The van der Waals surface area contributed by atoms with Gasteiger partial charge in [-0.15, -0.1) is 0 Å². The van der Waals surface area contributed by atoms with Crippen LogP contribution in [0.4, 0.5) is 10.5 Å². The third kappa shape index (κ3) is 4.77. The zero-order valence-electron chi connectivity index (χ0n) is 19.6. The number of pyridine rings is 2. The monoisotopic (exact) mass is 455 g/mol. The summed E-state index contributed by atoms with van der Waals surface area (Å²) in [6.07, 6.45) is 5.38. The quantitative estimate of drug-likeness (QED) is 0.493. The molecule has 1 N–H and O–H groups in total. The number of aryl methyl sites for hydroxylation is 2. The van der Waals surface area contributed by atoms with Crippen LogP contribution in [-0.4, -0.2) is 68.1 Å². The average molecular weight is 456 g/mol. The lowest BCUT2D eigenvalue weighted by Gasteiger charge is -2.34. The number of fused-ring (bicyclic) bond motifs is 1. The van der Waals surface area contributed by atoms with Gasteiger partial charge in [0.15, 0.2) is 5.65 Å². The molecule has 4 aromatic rings. The Morgan fingerprint density at radius 3 is 2.41 bits per heavy atom. The Labute approximate surface area is 199 Å². The number of hydrogen-bond donors (Lipinski definition) is 1. The predicted molar refractivity (Wildman–Crippen MR) is 134 cm³/mol. The van der Waals surface area contributed by atoms with Crippen molar-refractivity contribution in [2.75, 3.05) is 38.0 Å². The van der Waals surface area contributed by atoms with Gasteiger partial charge in [0.05, 0.1) is 0 Å². The molecule has 34 heavy (non-hydrogen) atoms. The number of anilines is 1. The third-order valence-electron chi connectivity index (χ3n) is 6.21. The van der Waals surface area contributed by atoms with Gasteiger partial charge in [0.2, 0.25) is 0 Å². The molecular weight excluding hydrogens is 426 g/mol. The van der Waals surface area contributed by atoms with Crippen LogP contribution >= 0.6 is 0 Å². The molecule has 4 heterocycles. The first-order valence-corrected chi connectivity index (χ1v) is 11.6. The lowest BCUT2D eigenvalue weighted by molar-refractivity contribution is 0.145. The van der Waals surface area contributed by atoms with E-state index in [1.165, 1.54) is 0 Å². The maximum absolute atomic E-state index is 12.8. The first-order chi connectivity index (χ1) is 16.6. The second kappa shape index (κ2) is 9.61. The summed E-state index contributed by atoms with van der Waals surface area (Å²) in [5.41, 5.74) is 5.96. The van der Waals surface area contributed by atoms with Crippen LogP contribution in [0.2, 0.25) is 0 Å². The first-order valence-electron chi connectivity index (χ1n) is 11.6. The first kappa shape index (κ1) is 22.0. The number of nitrogens with zero attached hydrogens (tertiary/aromatic N) is 6. The topological polar surface area (TPSA) is 79.2 Å². The molecule has 5 rings (SSSR count). The normalized spacial score (nSPS) is 14.5. The van der Waals surface area contributed by atoms with E-state index in [1.807, 2.05) is 61.3 Å². The zero-order valence-corrected chi connectivity index (χ0v) is 19.6. The van der Waals surface area contributed by atoms with Crippen molar-refractivity contribution in [2.45, 2.75) is 20.4 Å². The molecule has 0 bridgehead atoms. The second-order valence-electron chi connectivity index (χ2n) is 8.80. The van der Waals surface area contributed by atoms with Crippen molar-refractivity contribution in [3.63, 3.8) is 0 Å². The van der Waals surface area contributed by atoms with Crippen LogP contribution < -0.4 is 5.32 Å². The molecule has 3 aromatic heterocycles. The summed E-state index contributed by atoms with van der Waals surface area (Å²) in [4.78, 5) is 30.6. The summed E-state index contributed by atoms with van der Waals surface area (Å²) in [7, 11) is 0. The lowest BCUT2D eigenvalue weighted by Crippen LogP contribution is -2.50. The minimum atomic E-state index is -0.0329. The van der Waals surface area contributed by atoms with Gasteiger partial charge in [0, 0.05) is 69.1 Å². The lowest BCUT2D eigenvalue weighted by atomic mass is 10.1. The maximum atomic E-state index is 12.8. The minimum Gasteiger partial charge on any atom is -0.322 e. The molecule has 2 amide bonds. The van der Waals surface area contributed by atoms with Gasteiger partial charge in [-0.1, -0.05) is 6.07 Å². The van der Waals surface area contributed by atoms with Crippen molar-refractivity contribution < 1.29 is 4.79 Å². The Bertz CT molecular complexity index is 1270. The maximum Gasteiger partial charge on any atom is 0.321 e. The molecular formula is C26H29N7O. The molecule has 1 aliphatic heterocycles. The Hall–Kier alpha value is -3.78. The van der Waals surface area contributed by atoms with Crippen LogP contribution in [-0.2, 0) is 6.54 Å². The Morgan fingerprint density at radius 2 is 1.68 bits per heavy atom. The molecule has 0 unspecified atom stereocenters. The van der Waals surface area contributed by atoms with Gasteiger partial charge in [-0.25, -0.2) is 14.8 Å². The summed E-state index contributed by atoms with van der Waals surface area (Å²) in [6.45, 7) is 8.82. The SMILES string of the molecule is Cc1cc(C)cc(NC(=O)N2CCN(CCn3c(-c4ccncc4)nc4cccnc43)CC2)c1. The predicted octanol–water partition coefficient (Wildman–Crippen LogP) is 3.96. The summed E-state index contributed by atoms with van der Waals surface area (Å²) in [6, 6.07) is 13.9. The van der Waals surface area contributed by atoms with E-state index in [0.717, 1.165) is 65.5 Å². The molecule has 0 saturated carbocycles. The molecule has 0 aliphatic carbocycles. The van der Waals surface area contributed by atoms with Crippen LogP contribution in [0.3, 0.4) is 0 Å².